The first-order chi connectivity index (χ1) is 6.18. The third kappa shape index (κ3) is 2.24. The van der Waals surface area contributed by atoms with Gasteiger partial charge in [0.05, 0.1) is 11.1 Å². The lowest BCUT2D eigenvalue weighted by Gasteiger charge is -2.24. The molecule has 1 aliphatic heterocycles. The Kier molecular flexibility index (Phi) is 4.25. The van der Waals surface area contributed by atoms with Crippen LogP contribution < -0.4 is 10.5 Å². The lowest BCUT2D eigenvalue weighted by molar-refractivity contribution is 0.267. The molecule has 1 aliphatic rings. The Morgan fingerprint density at radius 2 is 2.07 bits per heavy atom. The third-order valence-electron chi connectivity index (χ3n) is 2.11. The van der Waals surface area contributed by atoms with Crippen molar-refractivity contribution in [1.82, 2.24) is 0 Å². The molecule has 1 aromatic rings. The highest BCUT2D eigenvalue weighted by Crippen LogP contribution is 2.39. The summed E-state index contributed by atoms with van der Waals surface area (Å²) in [6.07, 6.45) is 0.885. The van der Waals surface area contributed by atoms with Crippen molar-refractivity contribution in [3.63, 3.8) is 0 Å². The molecule has 5 heteroatoms. The van der Waals surface area contributed by atoms with Gasteiger partial charge >= 0.3 is 0 Å². The summed E-state index contributed by atoms with van der Waals surface area (Å²) in [7, 11) is 0. The average molecular weight is 343 g/mol. The highest BCUT2D eigenvalue weighted by atomic mass is 79.9. The van der Waals surface area contributed by atoms with E-state index < -0.39 is 0 Å². The van der Waals surface area contributed by atoms with E-state index in [4.69, 9.17) is 10.5 Å². The van der Waals surface area contributed by atoms with Gasteiger partial charge in [0.25, 0.3) is 0 Å². The van der Waals surface area contributed by atoms with E-state index in [0.29, 0.717) is 6.61 Å². The molecule has 1 aromatic carbocycles. The molecular formula is C9H10Br2ClNO. The first-order valence-corrected chi connectivity index (χ1v) is 5.64. The van der Waals surface area contributed by atoms with Crippen LogP contribution in [0.25, 0.3) is 0 Å². The van der Waals surface area contributed by atoms with Crippen molar-refractivity contribution in [2.24, 2.45) is 5.73 Å². The Bertz CT molecular complexity index is 346. The molecule has 0 saturated heterocycles. The van der Waals surface area contributed by atoms with Crippen LogP contribution in [0.3, 0.4) is 0 Å². The molecule has 0 amide bonds. The highest BCUT2D eigenvalue weighted by Gasteiger charge is 2.20. The number of nitrogens with two attached hydrogens (primary N) is 1. The largest absolute Gasteiger partial charge is 0.492 e. The van der Waals surface area contributed by atoms with Crippen molar-refractivity contribution in [2.45, 2.75) is 12.5 Å². The van der Waals surface area contributed by atoms with Crippen LogP contribution >= 0.6 is 44.3 Å². The van der Waals surface area contributed by atoms with E-state index in [1.54, 1.807) is 0 Å². The number of benzene rings is 1. The summed E-state index contributed by atoms with van der Waals surface area (Å²) < 4.78 is 7.52. The van der Waals surface area contributed by atoms with Crippen LogP contribution in [-0.2, 0) is 0 Å². The molecule has 0 fully saturated rings. The third-order valence-corrected chi connectivity index (χ3v) is 3.16. The van der Waals surface area contributed by atoms with Gasteiger partial charge in [-0.05, 0) is 28.1 Å². The molecule has 0 bridgehead atoms. The van der Waals surface area contributed by atoms with Gasteiger partial charge in [0.15, 0.2) is 0 Å². The van der Waals surface area contributed by atoms with Gasteiger partial charge in [-0.25, -0.2) is 0 Å². The maximum absolute atomic E-state index is 5.96. The number of hydrogen-bond acceptors (Lipinski definition) is 2. The molecule has 0 radical (unpaired) electrons. The lowest BCUT2D eigenvalue weighted by Crippen LogP contribution is -2.20. The zero-order valence-electron chi connectivity index (χ0n) is 7.30. The van der Waals surface area contributed by atoms with Gasteiger partial charge in [0.2, 0.25) is 0 Å². The average Bonchev–Trinajstić information content (AvgIpc) is 2.07. The molecule has 0 saturated carbocycles. The van der Waals surface area contributed by atoms with E-state index in [0.717, 1.165) is 26.7 Å². The number of ether oxygens (including phenoxy) is 1. The van der Waals surface area contributed by atoms with E-state index in [1.165, 1.54) is 0 Å². The summed E-state index contributed by atoms with van der Waals surface area (Å²) >= 11 is 6.88. The Morgan fingerprint density at radius 3 is 2.79 bits per heavy atom. The fourth-order valence-corrected chi connectivity index (χ4v) is 2.82. The van der Waals surface area contributed by atoms with Crippen LogP contribution in [0.2, 0.25) is 0 Å². The van der Waals surface area contributed by atoms with Crippen molar-refractivity contribution in [1.29, 1.82) is 0 Å². The minimum absolute atomic E-state index is 0. The monoisotopic (exact) mass is 341 g/mol. The first kappa shape index (κ1) is 12.3. The molecule has 1 atom stereocenters. The number of fused-ring (bicyclic) bond motifs is 1. The lowest BCUT2D eigenvalue weighted by atomic mass is 10.0. The van der Waals surface area contributed by atoms with Gasteiger partial charge in [-0.1, -0.05) is 15.9 Å². The quantitative estimate of drug-likeness (QED) is 0.783. The smallest absolute Gasteiger partial charge is 0.138 e. The fourth-order valence-electron chi connectivity index (χ4n) is 1.45. The van der Waals surface area contributed by atoms with Crippen LogP contribution in [0.15, 0.2) is 21.1 Å². The Balaban J connectivity index is 0.000000980. The maximum Gasteiger partial charge on any atom is 0.138 e. The second-order valence-electron chi connectivity index (χ2n) is 3.05. The predicted octanol–water partition coefficient (Wildman–Crippen LogP) is 3.42. The zero-order valence-corrected chi connectivity index (χ0v) is 11.3. The second-order valence-corrected chi connectivity index (χ2v) is 4.82. The van der Waals surface area contributed by atoms with Gasteiger partial charge in [0.1, 0.15) is 5.75 Å². The van der Waals surface area contributed by atoms with Crippen molar-refractivity contribution in [2.75, 3.05) is 6.61 Å². The molecule has 0 aliphatic carbocycles. The fraction of sp³-hybridized carbons (Fsp3) is 0.333. The van der Waals surface area contributed by atoms with Crippen LogP contribution in [0, 0.1) is 0 Å². The Hall–Kier alpha value is 0.230. The van der Waals surface area contributed by atoms with Gasteiger partial charge in [0, 0.05) is 22.5 Å². The summed E-state index contributed by atoms with van der Waals surface area (Å²) in [5.41, 5.74) is 7.04. The normalized spacial score (nSPS) is 19.2. The van der Waals surface area contributed by atoms with Crippen molar-refractivity contribution in [3.8, 4) is 5.75 Å². The summed E-state index contributed by atoms with van der Waals surface area (Å²) in [6.45, 7) is 0.703. The van der Waals surface area contributed by atoms with E-state index >= 15 is 0 Å². The van der Waals surface area contributed by atoms with E-state index in [-0.39, 0.29) is 18.4 Å². The van der Waals surface area contributed by atoms with Crippen LogP contribution in [-0.4, -0.2) is 6.61 Å². The Morgan fingerprint density at radius 1 is 1.36 bits per heavy atom. The van der Waals surface area contributed by atoms with Crippen LogP contribution in [0.1, 0.15) is 18.0 Å². The SMILES string of the molecule is Cl.N[C@@H]1CCOc2c(Br)cc(Br)cc21. The minimum Gasteiger partial charge on any atom is -0.492 e. The summed E-state index contributed by atoms with van der Waals surface area (Å²) in [6, 6.07) is 4.08. The predicted molar refractivity (Wildman–Crippen MR) is 66.1 cm³/mol. The topological polar surface area (TPSA) is 35.2 Å². The second kappa shape index (κ2) is 4.84. The zero-order chi connectivity index (χ0) is 9.42. The van der Waals surface area contributed by atoms with Gasteiger partial charge in [-0.2, -0.15) is 0 Å². The summed E-state index contributed by atoms with van der Waals surface area (Å²) in [5, 5.41) is 0. The van der Waals surface area contributed by atoms with Crippen molar-refractivity contribution < 1.29 is 4.74 Å². The number of hydrogen-bond donors (Lipinski definition) is 1. The number of rotatable bonds is 0. The molecule has 2 N–H and O–H groups in total. The molecule has 2 nitrogen and oxygen atoms in total. The molecule has 0 spiro atoms. The Labute approximate surface area is 106 Å². The van der Waals surface area contributed by atoms with Gasteiger partial charge in [-0.3, -0.25) is 0 Å². The van der Waals surface area contributed by atoms with Crippen molar-refractivity contribution in [3.05, 3.63) is 26.6 Å². The molecular weight excluding hydrogens is 333 g/mol. The highest BCUT2D eigenvalue weighted by molar-refractivity contribution is 9.11. The molecule has 2 rings (SSSR count). The van der Waals surface area contributed by atoms with Crippen molar-refractivity contribution >= 4 is 44.3 Å². The molecule has 14 heavy (non-hydrogen) atoms. The first-order valence-electron chi connectivity index (χ1n) is 4.06. The minimum atomic E-state index is 0. The summed E-state index contributed by atoms with van der Waals surface area (Å²) in [4.78, 5) is 0. The van der Waals surface area contributed by atoms with Gasteiger partial charge < -0.3 is 10.5 Å². The molecule has 0 aromatic heterocycles. The molecule has 0 unspecified atom stereocenters. The van der Waals surface area contributed by atoms with Crippen LogP contribution in [0.5, 0.6) is 5.75 Å². The number of halogens is 3. The summed E-state index contributed by atoms with van der Waals surface area (Å²) in [5.74, 6) is 0.891. The van der Waals surface area contributed by atoms with E-state index in [1.807, 2.05) is 12.1 Å². The standard InChI is InChI=1S/C9H9Br2NO.ClH/c10-5-3-6-8(12)1-2-13-9(6)7(11)4-5;/h3-4,8H,1-2,12H2;1H/t8-;/m1./s1. The van der Waals surface area contributed by atoms with Gasteiger partial charge in [-0.15, -0.1) is 12.4 Å². The maximum atomic E-state index is 5.96. The molecule has 1 heterocycles. The van der Waals surface area contributed by atoms with E-state index in [2.05, 4.69) is 31.9 Å². The van der Waals surface area contributed by atoms with Crippen LogP contribution in [0.4, 0.5) is 0 Å². The van der Waals surface area contributed by atoms with E-state index in [9.17, 15) is 0 Å². The molecule has 78 valence electrons.